The van der Waals surface area contributed by atoms with Crippen molar-refractivity contribution in [3.8, 4) is 0 Å². The number of hydrogen-bond acceptors (Lipinski definition) is 6. The van der Waals surface area contributed by atoms with Gasteiger partial charge in [0.2, 0.25) is 0 Å². The van der Waals surface area contributed by atoms with Gasteiger partial charge >= 0.3 is 0 Å². The molecule has 0 amide bonds. The second-order valence-electron chi connectivity index (χ2n) is 7.33. The highest BCUT2D eigenvalue weighted by Crippen LogP contribution is 2.41. The molecular formula is C18H26N4OS. The Labute approximate surface area is 147 Å². The van der Waals surface area contributed by atoms with Crippen LogP contribution in [0, 0.1) is 0 Å². The normalized spacial score (nSPS) is 33.3. The van der Waals surface area contributed by atoms with E-state index in [0.717, 1.165) is 22.9 Å². The van der Waals surface area contributed by atoms with Crippen LogP contribution in [0.3, 0.4) is 0 Å². The number of hydrazine groups is 2. The van der Waals surface area contributed by atoms with Crippen molar-refractivity contribution < 1.29 is 5.11 Å². The number of nitrogens with one attached hydrogen (secondary N) is 3. The van der Waals surface area contributed by atoms with Crippen LogP contribution in [0.2, 0.25) is 0 Å². The van der Waals surface area contributed by atoms with Crippen LogP contribution in [0.4, 0.5) is 0 Å². The van der Waals surface area contributed by atoms with Gasteiger partial charge in [-0.3, -0.25) is 5.01 Å². The molecule has 1 saturated carbocycles. The van der Waals surface area contributed by atoms with E-state index in [1.807, 2.05) is 30.0 Å². The summed E-state index contributed by atoms with van der Waals surface area (Å²) in [6, 6.07) is 8.92. The first-order valence-corrected chi connectivity index (χ1v) is 9.62. The predicted molar refractivity (Wildman–Crippen MR) is 97.0 cm³/mol. The van der Waals surface area contributed by atoms with Crippen molar-refractivity contribution in [3.05, 3.63) is 41.7 Å². The van der Waals surface area contributed by atoms with Crippen molar-refractivity contribution in [1.82, 2.24) is 21.3 Å². The van der Waals surface area contributed by atoms with Gasteiger partial charge in [-0.1, -0.05) is 12.1 Å². The summed E-state index contributed by atoms with van der Waals surface area (Å²) in [5.74, 6) is 0. The van der Waals surface area contributed by atoms with E-state index >= 15 is 0 Å². The first kappa shape index (κ1) is 16.3. The van der Waals surface area contributed by atoms with Crippen LogP contribution in [0.25, 0.3) is 0 Å². The molecule has 4 rings (SSSR count). The number of piperidine rings is 1. The van der Waals surface area contributed by atoms with Gasteiger partial charge in [-0.05, 0) is 43.9 Å². The molecule has 0 unspecified atom stereocenters. The molecule has 1 aromatic carbocycles. The van der Waals surface area contributed by atoms with E-state index in [1.54, 1.807) is 0 Å². The predicted octanol–water partition coefficient (Wildman–Crippen LogP) is 2.07. The van der Waals surface area contributed by atoms with E-state index in [4.69, 9.17) is 0 Å². The SMILES string of the molecule is C[C@H]1C[C@@](O)(c2ccc(SC3CC3)cc2)C[C@@H](C2=CN(C)NN2)N1. The van der Waals surface area contributed by atoms with E-state index < -0.39 is 5.60 Å². The number of nitrogens with zero attached hydrogens (tertiary/aromatic N) is 1. The lowest BCUT2D eigenvalue weighted by molar-refractivity contribution is -0.0182. The van der Waals surface area contributed by atoms with Crippen LogP contribution in [-0.4, -0.2) is 34.5 Å². The zero-order valence-corrected chi connectivity index (χ0v) is 15.1. The maximum Gasteiger partial charge on any atom is 0.0930 e. The molecule has 24 heavy (non-hydrogen) atoms. The topological polar surface area (TPSA) is 59.6 Å². The molecule has 0 aromatic heterocycles. The largest absolute Gasteiger partial charge is 0.385 e. The van der Waals surface area contributed by atoms with Gasteiger partial charge in [0.15, 0.2) is 0 Å². The fourth-order valence-corrected chi connectivity index (χ4v) is 4.70. The molecule has 4 N–H and O–H groups in total. The van der Waals surface area contributed by atoms with Gasteiger partial charge in [-0.15, -0.1) is 17.3 Å². The number of rotatable bonds is 4. The summed E-state index contributed by atoms with van der Waals surface area (Å²) < 4.78 is 0. The molecule has 1 aliphatic carbocycles. The summed E-state index contributed by atoms with van der Waals surface area (Å²) in [4.78, 5) is 1.31. The Bertz CT molecular complexity index is 630. The Morgan fingerprint density at radius 1 is 1.21 bits per heavy atom. The van der Waals surface area contributed by atoms with Crippen molar-refractivity contribution in [2.24, 2.45) is 0 Å². The first-order chi connectivity index (χ1) is 11.5. The lowest BCUT2D eigenvalue weighted by Gasteiger charge is -2.41. The molecule has 2 fully saturated rings. The number of hydrogen-bond donors (Lipinski definition) is 4. The molecule has 130 valence electrons. The van der Waals surface area contributed by atoms with E-state index in [-0.39, 0.29) is 12.1 Å². The quantitative estimate of drug-likeness (QED) is 0.670. The highest BCUT2D eigenvalue weighted by Gasteiger charge is 2.40. The highest BCUT2D eigenvalue weighted by molar-refractivity contribution is 8.00. The third kappa shape index (κ3) is 3.42. The van der Waals surface area contributed by atoms with Gasteiger partial charge in [0.1, 0.15) is 0 Å². The highest BCUT2D eigenvalue weighted by atomic mass is 32.2. The van der Waals surface area contributed by atoms with E-state index in [2.05, 4.69) is 47.5 Å². The van der Waals surface area contributed by atoms with Crippen molar-refractivity contribution in [1.29, 1.82) is 0 Å². The smallest absolute Gasteiger partial charge is 0.0930 e. The lowest BCUT2D eigenvalue weighted by Crippen LogP contribution is -2.53. The van der Waals surface area contributed by atoms with Gasteiger partial charge in [0.25, 0.3) is 0 Å². The molecule has 0 radical (unpaired) electrons. The van der Waals surface area contributed by atoms with E-state index in [1.165, 1.54) is 17.7 Å². The molecule has 0 bridgehead atoms. The maximum absolute atomic E-state index is 11.4. The average molecular weight is 346 g/mol. The zero-order chi connectivity index (χ0) is 16.7. The van der Waals surface area contributed by atoms with Crippen LogP contribution in [-0.2, 0) is 5.60 Å². The van der Waals surface area contributed by atoms with Crippen LogP contribution < -0.4 is 16.3 Å². The van der Waals surface area contributed by atoms with Crippen molar-refractivity contribution in [2.75, 3.05) is 7.05 Å². The fourth-order valence-electron chi connectivity index (χ4n) is 3.65. The maximum atomic E-state index is 11.4. The van der Waals surface area contributed by atoms with Crippen molar-refractivity contribution in [2.45, 2.75) is 60.4 Å². The van der Waals surface area contributed by atoms with Crippen LogP contribution in [0.1, 0.15) is 38.2 Å². The van der Waals surface area contributed by atoms with Crippen LogP contribution in [0.5, 0.6) is 0 Å². The molecule has 1 aromatic rings. The molecule has 2 aliphatic heterocycles. The summed E-state index contributed by atoms with van der Waals surface area (Å²) in [5, 5.41) is 17.6. The Balaban J connectivity index is 1.52. The van der Waals surface area contributed by atoms with Crippen molar-refractivity contribution in [3.63, 3.8) is 0 Å². The second kappa shape index (κ2) is 6.26. The summed E-state index contributed by atoms with van der Waals surface area (Å²) >= 11 is 1.96. The average Bonchev–Trinajstić information content (AvgIpc) is 3.25. The van der Waals surface area contributed by atoms with Crippen LogP contribution in [0.15, 0.2) is 41.1 Å². The third-order valence-corrected chi connectivity index (χ3v) is 6.32. The molecule has 3 atom stereocenters. The standard InChI is InChI=1S/C18H26N4OS/c1-12-9-18(23,10-16(19-12)17-11-22(2)21-20-17)13-3-5-14(6-4-13)24-15-7-8-15/h3-6,11-12,15-16,19-21,23H,7-10H2,1-2H3/t12-,16-,18-/m0/s1. The van der Waals surface area contributed by atoms with Crippen LogP contribution >= 0.6 is 11.8 Å². The fraction of sp³-hybridized carbons (Fsp3) is 0.556. The monoisotopic (exact) mass is 346 g/mol. The molecule has 5 nitrogen and oxygen atoms in total. The Morgan fingerprint density at radius 3 is 2.58 bits per heavy atom. The minimum Gasteiger partial charge on any atom is -0.385 e. The van der Waals surface area contributed by atoms with E-state index in [9.17, 15) is 5.11 Å². The van der Waals surface area contributed by atoms with Gasteiger partial charge in [-0.2, -0.15) is 0 Å². The minimum atomic E-state index is -0.790. The van der Waals surface area contributed by atoms with E-state index in [0.29, 0.717) is 6.42 Å². The molecule has 6 heteroatoms. The molecule has 0 spiro atoms. The first-order valence-electron chi connectivity index (χ1n) is 8.74. The summed E-state index contributed by atoms with van der Waals surface area (Å²) in [7, 11) is 1.95. The minimum absolute atomic E-state index is 0.108. The molecule has 2 heterocycles. The molecular weight excluding hydrogens is 320 g/mol. The van der Waals surface area contributed by atoms with Gasteiger partial charge in [0, 0.05) is 35.9 Å². The van der Waals surface area contributed by atoms with Gasteiger partial charge < -0.3 is 15.8 Å². The van der Waals surface area contributed by atoms with Crippen molar-refractivity contribution >= 4 is 11.8 Å². The van der Waals surface area contributed by atoms with Gasteiger partial charge in [0.05, 0.1) is 17.3 Å². The summed E-state index contributed by atoms with van der Waals surface area (Å²) in [6.45, 7) is 2.14. The summed E-state index contributed by atoms with van der Waals surface area (Å²) in [5.41, 5.74) is 7.54. The van der Waals surface area contributed by atoms with Gasteiger partial charge in [-0.25, -0.2) is 0 Å². The molecule has 1 saturated heterocycles. The lowest BCUT2D eigenvalue weighted by atomic mass is 9.78. The second-order valence-corrected chi connectivity index (χ2v) is 8.71. The molecule has 3 aliphatic rings. The number of aliphatic hydroxyl groups is 1. The number of thioether (sulfide) groups is 1. The Morgan fingerprint density at radius 2 is 1.96 bits per heavy atom. The zero-order valence-electron chi connectivity index (χ0n) is 14.2. The third-order valence-electron chi connectivity index (χ3n) is 4.97. The summed E-state index contributed by atoms with van der Waals surface area (Å²) in [6.07, 6.45) is 6.11. The Kier molecular flexibility index (Phi) is 4.24. The number of benzene rings is 1. The Hall–Kier alpha value is -1.21.